The van der Waals surface area contributed by atoms with Gasteiger partial charge in [-0.15, -0.1) is 0 Å². The normalized spacial score (nSPS) is 15.7. The molecule has 806 valence electrons. The van der Waals surface area contributed by atoms with Gasteiger partial charge in [-0.2, -0.15) is 11.8 Å². The number of nitrogens with one attached hydrogen (secondary N) is 22. The van der Waals surface area contributed by atoms with Crippen molar-refractivity contribution in [2.24, 2.45) is 35.0 Å². The molecule has 54 heteroatoms. The smallest absolute Gasteiger partial charge is 0.326 e. The fourth-order valence-electron chi connectivity index (χ4n) is 14.0. The second kappa shape index (κ2) is 65.5. The van der Waals surface area contributed by atoms with Gasteiger partial charge in [-0.25, -0.2) is 4.79 Å². The highest BCUT2D eigenvalue weighted by Gasteiger charge is 2.41. The number of unbranched alkanes of at least 4 members (excludes halogenated alkanes) is 1. The van der Waals surface area contributed by atoms with Crippen molar-refractivity contribution in [1.29, 1.82) is 10.8 Å². The minimum absolute atomic E-state index is 0.0194. The Morgan fingerprint density at radius 3 is 1.08 bits per heavy atom. The van der Waals surface area contributed by atoms with E-state index in [1.807, 2.05) is 0 Å². The van der Waals surface area contributed by atoms with E-state index in [-0.39, 0.29) is 119 Å². The van der Waals surface area contributed by atoms with E-state index in [2.05, 4.69) is 112 Å². The highest BCUT2D eigenvalue weighted by molar-refractivity contribution is 7.98. The van der Waals surface area contributed by atoms with Gasteiger partial charge in [-0.1, -0.05) is 77.6 Å². The number of hydrogen-bond acceptors (Lipinski definition) is 30. The number of carboxylic acids is 2. The highest BCUT2D eigenvalue weighted by atomic mass is 32.2. The average Bonchev–Trinajstić information content (AvgIpc) is 1.50. The molecule has 0 saturated carbocycles. The standard InChI is InChI=1S/C90H147N25O28S/c1-43(2)33-59(106-76(130)56(23-17-18-29-91)102-78(132)60(34-44(3)4)107-84(138)66(41-117)112-75(129)55(101-51(12)121)24-19-30-96-89(92)93)79(133)103-57(28-32-144-13)74(128)98-48(9)73(127)114-69(49(10)119)86(140)109-61(35-45(5)6)80(134)108-62(37-52-21-15-14-16-22-52)81(135)113-67(42-118)85(139)115-70(50(11)120)87(141)110-63(38-53-26-27-54(122)36-53)77(131)99-47(8)72(126)111-65(40-116)83(137)100-46(7)71(125)105-64(39-68(123)124)82(136)104-58(88(142)143)25-20-31-97-90(94)95/h14-16,21-22,26-27,43-50,55-67,69-70,116-120,122H,17-20,23-25,28-35,37-42,91H2,1-13H3,(H,98,128)(H,99,131)(H,100,137)(H,101,121)(H,102,132)(H,103,133)(H,104,136)(H,105,125)(H,106,130)(H,107,138)(H,108,134)(H,109,140)(H,110,141)(H,111,126)(H,112,129)(H,113,135)(H,114,127)(H,115,139)(H,123,124)(H,142,143)(H4,92,93,96)(H4,94,95,97)/t46-,47-,48-,49+,50+,55-,56-,57-,58-,59-,60-,61-,62-,63-,64-,65-,66-,67-,69-,70-/m0/s1. The van der Waals surface area contributed by atoms with Gasteiger partial charge in [-0.05, 0) is 159 Å². The molecule has 0 unspecified atom stereocenters. The maximum Gasteiger partial charge on any atom is 0.326 e. The number of aliphatic carboxylic acids is 2. The summed E-state index contributed by atoms with van der Waals surface area (Å²) in [4.78, 5) is 275. The first-order valence-electron chi connectivity index (χ1n) is 46.9. The molecule has 20 atom stereocenters. The fourth-order valence-corrected chi connectivity index (χ4v) is 14.5. The molecule has 53 nitrogen and oxygen atoms in total. The predicted molar refractivity (Wildman–Crippen MR) is 522 cm³/mol. The lowest BCUT2D eigenvalue weighted by molar-refractivity contribution is -0.144. The van der Waals surface area contributed by atoms with Crippen LogP contribution in [0.5, 0.6) is 0 Å². The van der Waals surface area contributed by atoms with E-state index in [1.54, 1.807) is 78.1 Å². The van der Waals surface area contributed by atoms with Crippen molar-refractivity contribution in [1.82, 2.24) is 106 Å². The summed E-state index contributed by atoms with van der Waals surface area (Å²) >= 11 is 1.29. The quantitative estimate of drug-likeness (QED) is 0.0125. The van der Waals surface area contributed by atoms with Gasteiger partial charge in [0.25, 0.3) is 0 Å². The lowest BCUT2D eigenvalue weighted by atomic mass is 10.00. The van der Waals surface area contributed by atoms with E-state index in [4.69, 9.17) is 28.0 Å². The van der Waals surface area contributed by atoms with E-state index < -0.39 is 290 Å². The van der Waals surface area contributed by atoms with Crippen LogP contribution in [-0.2, 0) is 102 Å². The number of aliphatic hydroxyl groups is 6. The molecule has 0 aliphatic heterocycles. The van der Waals surface area contributed by atoms with E-state index in [9.17, 15) is 137 Å². The second-order valence-corrected chi connectivity index (χ2v) is 36.8. The number of allylic oxidation sites excluding steroid dienone is 1. The monoisotopic (exact) mass is 2060 g/mol. The molecule has 0 aromatic heterocycles. The Bertz CT molecular complexity index is 4660. The van der Waals surface area contributed by atoms with E-state index >= 15 is 0 Å². The van der Waals surface area contributed by atoms with Gasteiger partial charge in [0.05, 0.1) is 38.4 Å². The van der Waals surface area contributed by atoms with Crippen LogP contribution in [-0.4, -0.2) is 343 Å². The summed E-state index contributed by atoms with van der Waals surface area (Å²) in [6.07, 6.45) is -0.896. The van der Waals surface area contributed by atoms with Gasteiger partial charge in [-0.3, -0.25) is 102 Å². The summed E-state index contributed by atoms with van der Waals surface area (Å²) in [6.45, 7) is 14.0. The molecule has 1 aliphatic rings. The van der Waals surface area contributed by atoms with Crippen molar-refractivity contribution < 1.29 is 137 Å². The van der Waals surface area contributed by atoms with Gasteiger partial charge in [0.1, 0.15) is 109 Å². The summed E-state index contributed by atoms with van der Waals surface area (Å²) in [5.41, 5.74) is 19.4. The molecule has 1 aromatic carbocycles. The van der Waals surface area contributed by atoms with Crippen LogP contribution in [0.3, 0.4) is 0 Å². The lowest BCUT2D eigenvalue weighted by Gasteiger charge is -2.29. The van der Waals surface area contributed by atoms with Crippen LogP contribution in [0.4, 0.5) is 0 Å². The molecule has 0 saturated heterocycles. The number of rotatable bonds is 68. The summed E-state index contributed by atoms with van der Waals surface area (Å²) < 4.78 is 0. The first-order valence-corrected chi connectivity index (χ1v) is 48.3. The number of carboxylic acid groups (broad SMARTS) is 2. The molecule has 2 rings (SSSR count). The zero-order valence-corrected chi connectivity index (χ0v) is 83.9. The molecule has 18 amide bonds. The summed E-state index contributed by atoms with van der Waals surface area (Å²) in [5, 5.41) is 145. The maximum atomic E-state index is 14.7. The van der Waals surface area contributed by atoms with Crippen molar-refractivity contribution >= 4 is 142 Å². The van der Waals surface area contributed by atoms with Crippen LogP contribution in [0.2, 0.25) is 0 Å². The summed E-state index contributed by atoms with van der Waals surface area (Å²) in [7, 11) is 0. The number of aliphatic hydroxyl groups excluding tert-OH is 6. The van der Waals surface area contributed by atoms with Gasteiger partial charge < -0.3 is 164 Å². The molecular formula is C90H147N25O28S. The first-order chi connectivity index (χ1) is 67.6. The average molecular weight is 2060 g/mol. The third kappa shape index (κ3) is 47.9. The lowest BCUT2D eigenvalue weighted by Crippen LogP contribution is -2.63. The van der Waals surface area contributed by atoms with Crippen molar-refractivity contribution in [3.05, 3.63) is 65.1 Å². The zero-order valence-electron chi connectivity index (χ0n) is 83.1. The molecule has 144 heavy (non-hydrogen) atoms. The number of guanidine groups is 2. The molecule has 36 N–H and O–H groups in total. The number of nitrogens with two attached hydrogens (primary N) is 3. The third-order valence-electron chi connectivity index (χ3n) is 21.7. The van der Waals surface area contributed by atoms with E-state index in [0.717, 1.165) is 27.7 Å². The summed E-state index contributed by atoms with van der Waals surface area (Å²) in [5.74, 6) is -24.1. The molecule has 0 bridgehead atoms. The van der Waals surface area contributed by atoms with Crippen LogP contribution in [0.25, 0.3) is 0 Å². The van der Waals surface area contributed by atoms with Crippen LogP contribution < -0.4 is 124 Å². The number of carbonyl (C=O) groups is 20. The minimum atomic E-state index is -2.06. The number of benzene rings is 1. The molecular weight excluding hydrogens is 1910 g/mol. The molecule has 0 fully saturated rings. The van der Waals surface area contributed by atoms with Crippen LogP contribution in [0, 0.1) is 28.6 Å². The molecule has 0 spiro atoms. The first kappa shape index (κ1) is 126. The van der Waals surface area contributed by atoms with Crippen LogP contribution >= 0.6 is 11.8 Å². The molecule has 1 aromatic rings. The van der Waals surface area contributed by atoms with Gasteiger partial charge in [0.2, 0.25) is 106 Å². The van der Waals surface area contributed by atoms with E-state index in [0.29, 0.717) is 12.0 Å². The minimum Gasteiger partial charge on any atom is -0.501 e. The van der Waals surface area contributed by atoms with Crippen molar-refractivity contribution in [2.45, 2.75) is 294 Å². The van der Waals surface area contributed by atoms with Crippen molar-refractivity contribution in [3.8, 4) is 0 Å². The Morgan fingerprint density at radius 2 is 0.681 bits per heavy atom. The number of thioether (sulfide) groups is 1. The Hall–Kier alpha value is -13.7. The molecule has 1 aliphatic carbocycles. The van der Waals surface area contributed by atoms with Gasteiger partial charge in [0, 0.05) is 38.4 Å². The molecule has 0 heterocycles. The Balaban J connectivity index is 2.41. The number of amides is 18. The van der Waals surface area contributed by atoms with Crippen LogP contribution in [0.15, 0.2) is 59.5 Å². The third-order valence-corrected chi connectivity index (χ3v) is 22.3. The largest absolute Gasteiger partial charge is 0.501 e. The van der Waals surface area contributed by atoms with Crippen molar-refractivity contribution in [3.63, 3.8) is 0 Å². The maximum absolute atomic E-state index is 14.7. The topological polar surface area (TPSA) is 870 Å². The summed E-state index contributed by atoms with van der Waals surface area (Å²) in [6, 6.07) is -21.7. The van der Waals surface area contributed by atoms with Gasteiger partial charge in [0.15, 0.2) is 17.7 Å². The Labute approximate surface area is 837 Å². The van der Waals surface area contributed by atoms with Gasteiger partial charge >= 0.3 is 11.9 Å². The Kier molecular flexibility index (Phi) is 57.5. The number of hydrogen-bond donors (Lipinski definition) is 33. The SMILES string of the molecule is CSCC[C@H](NC(=O)[C@H](CC(C)C)NC(=O)[C@H](CCCCN)NC(=O)[C@H](CC(C)C)NC(=O)[C@H](CO)NC(=O)[C@H](CCCNC(=N)N)NC(C)=O)C(=O)N[C@@H](C)C(=O)N[C@H](C(=O)N[C@@H](CC(C)C)C(=O)N[C@@H](Cc1ccccc1)C(=O)N[C@@H](CO)C(=O)N[C@H](C(=O)N[C@@H](CC1=C=C(O)C=C1)C(=O)N[C@@H](C)C(=O)N[C@@H](CO)C(=O)N[C@@H](C)C(=O)N[C@@H](CC(=O)O)C(=O)N[C@@H](CCCNC(=N)N)C(=O)O)[C@@H](C)O)[C@@H](C)O. The van der Waals surface area contributed by atoms with Crippen molar-refractivity contribution in [2.75, 3.05) is 51.5 Å². The predicted octanol–water partition coefficient (Wildman–Crippen LogP) is -9.19. The zero-order chi connectivity index (χ0) is 109. The number of carbonyl (C=O) groups excluding carboxylic acids is 18. The Morgan fingerprint density at radius 1 is 0.368 bits per heavy atom. The fraction of sp³-hybridized carbons (Fsp3) is 0.633. The highest BCUT2D eigenvalue weighted by Crippen LogP contribution is 2.18. The van der Waals surface area contributed by atoms with Crippen LogP contribution in [0.1, 0.15) is 172 Å². The molecule has 0 radical (unpaired) electrons. The second-order valence-electron chi connectivity index (χ2n) is 35.8. The van der Waals surface area contributed by atoms with E-state index in [1.165, 1.54) is 37.8 Å².